The molecule has 1 amide bonds. The highest BCUT2D eigenvalue weighted by Gasteiger charge is 2.04. The Morgan fingerprint density at radius 2 is 1.89 bits per heavy atom. The van der Waals surface area contributed by atoms with Crippen molar-refractivity contribution in [3.05, 3.63) is 65.7 Å². The van der Waals surface area contributed by atoms with Crippen molar-refractivity contribution in [2.24, 2.45) is 4.99 Å². The first-order chi connectivity index (χ1) is 13.7. The van der Waals surface area contributed by atoms with E-state index in [1.807, 2.05) is 42.1 Å². The molecular formula is C22H30N4OS. The zero-order chi connectivity index (χ0) is 20.0. The van der Waals surface area contributed by atoms with E-state index in [0.717, 1.165) is 49.8 Å². The summed E-state index contributed by atoms with van der Waals surface area (Å²) >= 11 is 1.86. The van der Waals surface area contributed by atoms with Crippen molar-refractivity contribution in [2.75, 3.05) is 32.4 Å². The van der Waals surface area contributed by atoms with Crippen LogP contribution in [0, 0.1) is 0 Å². The molecule has 28 heavy (non-hydrogen) atoms. The van der Waals surface area contributed by atoms with E-state index in [-0.39, 0.29) is 5.91 Å². The monoisotopic (exact) mass is 398 g/mol. The van der Waals surface area contributed by atoms with Gasteiger partial charge in [-0.3, -0.25) is 9.79 Å². The number of nitrogens with one attached hydrogen (secondary N) is 3. The van der Waals surface area contributed by atoms with Crippen LogP contribution in [0.3, 0.4) is 0 Å². The van der Waals surface area contributed by atoms with Crippen molar-refractivity contribution in [3.8, 4) is 0 Å². The molecule has 0 bridgehead atoms. The van der Waals surface area contributed by atoms with Crippen LogP contribution in [0.15, 0.2) is 64.5 Å². The van der Waals surface area contributed by atoms with Crippen LogP contribution in [0.1, 0.15) is 29.3 Å². The number of nitrogens with zero attached hydrogens (tertiary/aromatic N) is 1. The summed E-state index contributed by atoms with van der Waals surface area (Å²) in [6, 6.07) is 18.2. The molecule has 0 spiro atoms. The van der Waals surface area contributed by atoms with E-state index < -0.39 is 0 Å². The number of hydrogen-bond acceptors (Lipinski definition) is 3. The highest BCUT2D eigenvalue weighted by Crippen LogP contribution is 2.17. The maximum Gasteiger partial charge on any atom is 0.251 e. The van der Waals surface area contributed by atoms with E-state index in [4.69, 9.17) is 0 Å². The van der Waals surface area contributed by atoms with Gasteiger partial charge in [-0.25, -0.2) is 0 Å². The first-order valence-electron chi connectivity index (χ1n) is 9.74. The van der Waals surface area contributed by atoms with Gasteiger partial charge in [0.25, 0.3) is 5.91 Å². The minimum absolute atomic E-state index is 0.0573. The van der Waals surface area contributed by atoms with Gasteiger partial charge in [0.15, 0.2) is 5.96 Å². The fourth-order valence-electron chi connectivity index (χ4n) is 2.64. The number of carbonyl (C=O) groups is 1. The molecule has 0 radical (unpaired) electrons. The minimum Gasteiger partial charge on any atom is -0.357 e. The normalized spacial score (nSPS) is 11.1. The predicted molar refractivity (Wildman–Crippen MR) is 119 cm³/mol. The van der Waals surface area contributed by atoms with Crippen LogP contribution in [0.4, 0.5) is 0 Å². The van der Waals surface area contributed by atoms with E-state index >= 15 is 0 Å². The second-order valence-electron chi connectivity index (χ2n) is 6.23. The summed E-state index contributed by atoms with van der Waals surface area (Å²) in [4.78, 5) is 17.7. The second kappa shape index (κ2) is 12.8. The van der Waals surface area contributed by atoms with Gasteiger partial charge < -0.3 is 16.0 Å². The quantitative estimate of drug-likeness (QED) is 0.249. The van der Waals surface area contributed by atoms with Gasteiger partial charge in [-0.15, -0.1) is 11.8 Å². The van der Waals surface area contributed by atoms with Gasteiger partial charge >= 0.3 is 0 Å². The van der Waals surface area contributed by atoms with Crippen molar-refractivity contribution < 1.29 is 4.79 Å². The van der Waals surface area contributed by atoms with Crippen molar-refractivity contribution in [1.82, 2.24) is 16.0 Å². The number of benzene rings is 2. The fraction of sp³-hybridized carbons (Fsp3) is 0.364. The Morgan fingerprint density at radius 1 is 1.07 bits per heavy atom. The molecule has 5 nitrogen and oxygen atoms in total. The lowest BCUT2D eigenvalue weighted by molar-refractivity contribution is 0.0963. The summed E-state index contributed by atoms with van der Waals surface area (Å²) in [5.41, 5.74) is 1.82. The summed E-state index contributed by atoms with van der Waals surface area (Å²) in [6.07, 6.45) is 1.86. The zero-order valence-corrected chi connectivity index (χ0v) is 17.5. The molecule has 2 aromatic rings. The molecule has 0 atom stereocenters. The SMILES string of the molecule is CCNC(=NCCCSc1ccccc1)NCCc1cccc(C(=O)NC)c1. The van der Waals surface area contributed by atoms with Crippen LogP contribution < -0.4 is 16.0 Å². The van der Waals surface area contributed by atoms with Crippen molar-refractivity contribution >= 4 is 23.6 Å². The molecule has 0 unspecified atom stereocenters. The number of thioether (sulfide) groups is 1. The lowest BCUT2D eigenvalue weighted by Gasteiger charge is -2.11. The molecule has 0 heterocycles. The third-order valence-corrected chi connectivity index (χ3v) is 5.15. The van der Waals surface area contributed by atoms with Gasteiger partial charge in [-0.1, -0.05) is 30.3 Å². The summed E-state index contributed by atoms with van der Waals surface area (Å²) in [6.45, 7) is 4.45. The second-order valence-corrected chi connectivity index (χ2v) is 7.40. The lowest BCUT2D eigenvalue weighted by atomic mass is 10.1. The number of guanidine groups is 1. The van der Waals surface area contributed by atoms with E-state index in [9.17, 15) is 4.79 Å². The topological polar surface area (TPSA) is 65.5 Å². The molecule has 0 saturated carbocycles. The first kappa shape index (κ1) is 21.8. The Kier molecular flexibility index (Phi) is 10.0. The predicted octanol–water partition coefficient (Wildman–Crippen LogP) is 3.33. The molecule has 3 N–H and O–H groups in total. The zero-order valence-electron chi connectivity index (χ0n) is 16.7. The van der Waals surface area contributed by atoms with Crippen LogP contribution in [-0.2, 0) is 6.42 Å². The largest absolute Gasteiger partial charge is 0.357 e. The van der Waals surface area contributed by atoms with E-state index in [0.29, 0.717) is 5.56 Å². The first-order valence-corrected chi connectivity index (χ1v) is 10.7. The molecule has 150 valence electrons. The average molecular weight is 399 g/mol. The minimum atomic E-state index is -0.0573. The molecule has 2 rings (SSSR count). The molecule has 2 aromatic carbocycles. The Hall–Kier alpha value is -2.47. The van der Waals surface area contributed by atoms with E-state index in [1.54, 1.807) is 7.05 Å². The Morgan fingerprint density at radius 3 is 2.64 bits per heavy atom. The number of hydrogen-bond donors (Lipinski definition) is 3. The molecule has 0 aliphatic heterocycles. The maximum atomic E-state index is 11.7. The lowest BCUT2D eigenvalue weighted by Crippen LogP contribution is -2.38. The molecule has 0 saturated heterocycles. The van der Waals surface area contributed by atoms with Crippen molar-refractivity contribution in [2.45, 2.75) is 24.7 Å². The third-order valence-electron chi connectivity index (χ3n) is 4.05. The summed E-state index contributed by atoms with van der Waals surface area (Å²) < 4.78 is 0. The van der Waals surface area contributed by atoms with Gasteiger partial charge in [0, 0.05) is 37.1 Å². The van der Waals surface area contributed by atoms with Crippen LogP contribution in [0.25, 0.3) is 0 Å². The van der Waals surface area contributed by atoms with Crippen LogP contribution in [-0.4, -0.2) is 44.3 Å². The van der Waals surface area contributed by atoms with Crippen molar-refractivity contribution in [1.29, 1.82) is 0 Å². The van der Waals surface area contributed by atoms with Gasteiger partial charge in [0.2, 0.25) is 0 Å². The highest BCUT2D eigenvalue weighted by molar-refractivity contribution is 7.99. The fourth-order valence-corrected chi connectivity index (χ4v) is 3.50. The molecular weight excluding hydrogens is 368 g/mol. The van der Waals surface area contributed by atoms with Crippen LogP contribution in [0.5, 0.6) is 0 Å². The number of rotatable bonds is 10. The average Bonchev–Trinajstić information content (AvgIpc) is 2.74. The summed E-state index contributed by atoms with van der Waals surface area (Å²) in [5.74, 6) is 1.84. The number of amides is 1. The van der Waals surface area contributed by atoms with Crippen molar-refractivity contribution in [3.63, 3.8) is 0 Å². The molecule has 0 aliphatic carbocycles. The van der Waals surface area contributed by atoms with Crippen LogP contribution >= 0.6 is 11.8 Å². The smallest absolute Gasteiger partial charge is 0.251 e. The summed E-state index contributed by atoms with van der Waals surface area (Å²) in [5, 5.41) is 9.31. The molecule has 6 heteroatoms. The molecule has 0 aromatic heterocycles. The Labute approximate surface area is 172 Å². The Balaban J connectivity index is 1.74. The standard InChI is InChI=1S/C22H30N4OS/c1-3-24-22(25-14-8-16-28-20-11-5-4-6-12-20)26-15-13-18-9-7-10-19(17-18)21(27)23-2/h4-7,9-12,17H,3,8,13-16H2,1-2H3,(H,23,27)(H2,24,25,26). The van der Waals surface area contributed by atoms with Gasteiger partial charge in [-0.05, 0) is 55.3 Å². The maximum absolute atomic E-state index is 11.7. The third kappa shape index (κ3) is 8.05. The Bertz CT molecular complexity index is 749. The van der Waals surface area contributed by atoms with Gasteiger partial charge in [0.05, 0.1) is 0 Å². The molecule has 0 aliphatic rings. The van der Waals surface area contributed by atoms with E-state index in [2.05, 4.69) is 52.1 Å². The van der Waals surface area contributed by atoms with Gasteiger partial charge in [-0.2, -0.15) is 0 Å². The van der Waals surface area contributed by atoms with E-state index in [1.165, 1.54) is 4.90 Å². The van der Waals surface area contributed by atoms with Gasteiger partial charge in [0.1, 0.15) is 0 Å². The summed E-state index contributed by atoms with van der Waals surface area (Å²) in [7, 11) is 1.65. The molecule has 0 fully saturated rings. The number of carbonyl (C=O) groups excluding carboxylic acids is 1. The highest BCUT2D eigenvalue weighted by atomic mass is 32.2. The van der Waals surface area contributed by atoms with Crippen LogP contribution in [0.2, 0.25) is 0 Å². The number of aliphatic imine (C=N–C) groups is 1.